The lowest BCUT2D eigenvalue weighted by Crippen LogP contribution is -2.36. The van der Waals surface area contributed by atoms with Crippen LogP contribution in [0.1, 0.15) is 18.5 Å². The van der Waals surface area contributed by atoms with Crippen LogP contribution >= 0.6 is 15.9 Å². The van der Waals surface area contributed by atoms with Crippen molar-refractivity contribution >= 4 is 22.0 Å². The predicted molar refractivity (Wildman–Crippen MR) is 64.8 cm³/mol. The van der Waals surface area contributed by atoms with Gasteiger partial charge in [0.2, 0.25) is 0 Å². The highest BCUT2D eigenvalue weighted by atomic mass is 79.9. The Bertz CT molecular complexity index is 352. The molecule has 0 radical (unpaired) electrons. The molecule has 1 rings (SSSR count). The second-order valence-electron chi connectivity index (χ2n) is 3.62. The van der Waals surface area contributed by atoms with E-state index in [4.69, 9.17) is 0 Å². The number of benzene rings is 1. The number of hydrogen-bond donors (Lipinski definition) is 1. The van der Waals surface area contributed by atoms with Crippen LogP contribution in [0.2, 0.25) is 0 Å². The minimum absolute atomic E-state index is 0.0115. The molecule has 1 N–H and O–H groups in total. The van der Waals surface area contributed by atoms with Crippen LogP contribution in [-0.2, 0) is 0 Å². The van der Waals surface area contributed by atoms with Crippen LogP contribution in [-0.4, -0.2) is 25.0 Å². The number of rotatable bonds is 2. The Kier molecular flexibility index (Phi) is 4.15. The summed E-state index contributed by atoms with van der Waals surface area (Å²) in [5, 5.41) is 2.89. The van der Waals surface area contributed by atoms with Crippen molar-refractivity contribution in [3.63, 3.8) is 0 Å². The molecule has 0 aliphatic rings. The first kappa shape index (κ1) is 12.0. The van der Waals surface area contributed by atoms with Crippen LogP contribution in [0.25, 0.3) is 0 Å². The summed E-state index contributed by atoms with van der Waals surface area (Å²) in [5.41, 5.74) is 1.08. The van der Waals surface area contributed by atoms with Crippen LogP contribution < -0.4 is 5.32 Å². The molecule has 15 heavy (non-hydrogen) atoms. The number of carbonyl (C=O) groups excluding carboxylic acids is 1. The summed E-state index contributed by atoms with van der Waals surface area (Å²) in [6, 6.07) is 7.84. The third kappa shape index (κ3) is 3.55. The Morgan fingerprint density at radius 2 is 2.13 bits per heavy atom. The predicted octanol–water partition coefficient (Wildman–Crippen LogP) is 2.78. The van der Waals surface area contributed by atoms with Crippen molar-refractivity contribution in [1.82, 2.24) is 10.2 Å². The molecule has 2 amide bonds. The van der Waals surface area contributed by atoms with E-state index in [-0.39, 0.29) is 12.1 Å². The molecule has 3 nitrogen and oxygen atoms in total. The van der Waals surface area contributed by atoms with E-state index in [2.05, 4.69) is 21.2 Å². The minimum Gasteiger partial charge on any atom is -0.331 e. The van der Waals surface area contributed by atoms with Gasteiger partial charge in [-0.1, -0.05) is 28.1 Å². The fourth-order valence-corrected chi connectivity index (χ4v) is 1.59. The molecule has 1 aromatic carbocycles. The summed E-state index contributed by atoms with van der Waals surface area (Å²) in [5.74, 6) is 0. The van der Waals surface area contributed by atoms with Crippen molar-refractivity contribution in [2.24, 2.45) is 0 Å². The number of amides is 2. The number of carbonyl (C=O) groups is 1. The zero-order valence-electron chi connectivity index (χ0n) is 9.12. The number of halogens is 1. The topological polar surface area (TPSA) is 32.3 Å². The highest BCUT2D eigenvalue weighted by Gasteiger charge is 2.10. The smallest absolute Gasteiger partial charge is 0.317 e. The lowest BCUT2D eigenvalue weighted by Gasteiger charge is -2.18. The van der Waals surface area contributed by atoms with Gasteiger partial charge in [0.1, 0.15) is 0 Å². The number of hydrogen-bond acceptors (Lipinski definition) is 1. The van der Waals surface area contributed by atoms with Gasteiger partial charge in [-0.3, -0.25) is 0 Å². The summed E-state index contributed by atoms with van der Waals surface area (Å²) < 4.78 is 1.02. The van der Waals surface area contributed by atoms with Crippen molar-refractivity contribution in [3.05, 3.63) is 34.3 Å². The highest BCUT2D eigenvalue weighted by Crippen LogP contribution is 2.17. The fraction of sp³-hybridized carbons (Fsp3) is 0.364. The van der Waals surface area contributed by atoms with Gasteiger partial charge in [0, 0.05) is 18.6 Å². The van der Waals surface area contributed by atoms with E-state index < -0.39 is 0 Å². The first-order chi connectivity index (χ1) is 7.00. The molecular formula is C11H15BrN2O. The second kappa shape index (κ2) is 5.16. The van der Waals surface area contributed by atoms with Gasteiger partial charge in [-0.25, -0.2) is 4.79 Å². The molecule has 0 fully saturated rings. The van der Waals surface area contributed by atoms with Gasteiger partial charge in [0.05, 0.1) is 6.04 Å². The first-order valence-corrected chi connectivity index (χ1v) is 5.53. The van der Waals surface area contributed by atoms with E-state index in [1.54, 1.807) is 14.1 Å². The molecule has 0 bridgehead atoms. The van der Waals surface area contributed by atoms with E-state index in [1.807, 2.05) is 31.2 Å². The van der Waals surface area contributed by atoms with Crippen molar-refractivity contribution < 1.29 is 4.79 Å². The molecule has 1 unspecified atom stereocenters. The molecule has 0 saturated heterocycles. The van der Waals surface area contributed by atoms with Gasteiger partial charge in [-0.15, -0.1) is 0 Å². The maximum Gasteiger partial charge on any atom is 0.317 e. The van der Waals surface area contributed by atoms with E-state index in [9.17, 15) is 4.79 Å². The van der Waals surface area contributed by atoms with Crippen molar-refractivity contribution in [3.8, 4) is 0 Å². The molecule has 82 valence electrons. The van der Waals surface area contributed by atoms with Gasteiger partial charge < -0.3 is 10.2 Å². The average Bonchev–Trinajstić information content (AvgIpc) is 2.17. The molecule has 0 aliphatic carbocycles. The van der Waals surface area contributed by atoms with E-state index in [1.165, 1.54) is 4.90 Å². The molecule has 1 atom stereocenters. The Morgan fingerprint density at radius 3 is 2.67 bits per heavy atom. The Hall–Kier alpha value is -1.03. The summed E-state index contributed by atoms with van der Waals surface area (Å²) in [6.07, 6.45) is 0. The van der Waals surface area contributed by atoms with E-state index in [0.717, 1.165) is 10.0 Å². The highest BCUT2D eigenvalue weighted by molar-refractivity contribution is 9.10. The molecule has 0 saturated carbocycles. The Balaban J connectivity index is 2.69. The molecular weight excluding hydrogens is 256 g/mol. The normalized spacial score (nSPS) is 12.0. The molecule has 4 heteroatoms. The van der Waals surface area contributed by atoms with Crippen LogP contribution in [0.5, 0.6) is 0 Å². The Morgan fingerprint density at radius 1 is 1.47 bits per heavy atom. The van der Waals surface area contributed by atoms with Gasteiger partial charge in [0.15, 0.2) is 0 Å². The van der Waals surface area contributed by atoms with Crippen LogP contribution in [0, 0.1) is 0 Å². The van der Waals surface area contributed by atoms with E-state index in [0.29, 0.717) is 0 Å². The van der Waals surface area contributed by atoms with Crippen molar-refractivity contribution in [2.75, 3.05) is 14.1 Å². The maximum atomic E-state index is 11.4. The lowest BCUT2D eigenvalue weighted by atomic mass is 10.1. The van der Waals surface area contributed by atoms with Gasteiger partial charge in [0.25, 0.3) is 0 Å². The first-order valence-electron chi connectivity index (χ1n) is 4.74. The zero-order chi connectivity index (χ0) is 11.4. The largest absolute Gasteiger partial charge is 0.331 e. The minimum atomic E-state index is -0.0810. The second-order valence-corrected chi connectivity index (χ2v) is 4.54. The lowest BCUT2D eigenvalue weighted by molar-refractivity contribution is 0.214. The molecule has 1 aromatic rings. The maximum absolute atomic E-state index is 11.4. The monoisotopic (exact) mass is 270 g/mol. The number of nitrogens with zero attached hydrogens (tertiary/aromatic N) is 1. The molecule has 0 aliphatic heterocycles. The summed E-state index contributed by atoms with van der Waals surface area (Å²) in [6.45, 7) is 1.96. The third-order valence-corrected chi connectivity index (χ3v) is 2.59. The Labute approximate surface area is 98.6 Å². The quantitative estimate of drug-likeness (QED) is 0.881. The summed E-state index contributed by atoms with van der Waals surface area (Å²) in [7, 11) is 3.45. The van der Waals surface area contributed by atoms with E-state index >= 15 is 0 Å². The number of nitrogens with one attached hydrogen (secondary N) is 1. The zero-order valence-corrected chi connectivity index (χ0v) is 10.7. The van der Waals surface area contributed by atoms with Crippen LogP contribution in [0.4, 0.5) is 4.79 Å². The van der Waals surface area contributed by atoms with Gasteiger partial charge in [-0.05, 0) is 24.6 Å². The third-order valence-electron chi connectivity index (χ3n) is 2.09. The molecule has 0 spiro atoms. The van der Waals surface area contributed by atoms with Gasteiger partial charge in [-0.2, -0.15) is 0 Å². The fourth-order valence-electron chi connectivity index (χ4n) is 1.17. The standard InChI is InChI=1S/C11H15BrN2O/c1-8(13-11(15)14(2)3)9-5-4-6-10(12)7-9/h4-8H,1-3H3,(H,13,15). The van der Waals surface area contributed by atoms with Gasteiger partial charge >= 0.3 is 6.03 Å². The molecule has 0 heterocycles. The van der Waals surface area contributed by atoms with Crippen molar-refractivity contribution in [1.29, 1.82) is 0 Å². The molecule has 0 aromatic heterocycles. The summed E-state index contributed by atoms with van der Waals surface area (Å²) >= 11 is 3.40. The number of urea groups is 1. The summed E-state index contributed by atoms with van der Waals surface area (Å²) in [4.78, 5) is 12.9. The van der Waals surface area contributed by atoms with Crippen LogP contribution in [0.3, 0.4) is 0 Å². The van der Waals surface area contributed by atoms with Crippen LogP contribution in [0.15, 0.2) is 28.7 Å². The van der Waals surface area contributed by atoms with Crippen molar-refractivity contribution in [2.45, 2.75) is 13.0 Å². The SMILES string of the molecule is CC(NC(=O)N(C)C)c1cccc(Br)c1. The average molecular weight is 271 g/mol.